The minimum atomic E-state index is -0.160. The van der Waals surface area contributed by atoms with Crippen LogP contribution in [0.25, 0.3) is 0 Å². The van der Waals surface area contributed by atoms with Gasteiger partial charge in [-0.2, -0.15) is 5.10 Å². The zero-order valence-electron chi connectivity index (χ0n) is 11.6. The number of fused-ring (bicyclic) bond motifs is 1. The van der Waals surface area contributed by atoms with E-state index in [1.165, 1.54) is 4.90 Å². The largest absolute Gasteiger partial charge is 0.303 e. The highest BCUT2D eigenvalue weighted by Gasteiger charge is 2.23. The number of nitrogens with one attached hydrogen (secondary N) is 1. The lowest BCUT2D eigenvalue weighted by atomic mass is 10.0. The van der Waals surface area contributed by atoms with E-state index in [9.17, 15) is 4.39 Å². The summed E-state index contributed by atoms with van der Waals surface area (Å²) < 4.78 is 15.3. The van der Waals surface area contributed by atoms with Gasteiger partial charge in [0, 0.05) is 35.8 Å². The number of aryl methyl sites for hydroxylation is 1. The van der Waals surface area contributed by atoms with Crippen LogP contribution < -0.4 is 5.32 Å². The van der Waals surface area contributed by atoms with E-state index in [1.54, 1.807) is 28.6 Å². The Morgan fingerprint density at radius 3 is 3.10 bits per heavy atom. The van der Waals surface area contributed by atoms with E-state index in [-0.39, 0.29) is 17.9 Å². The van der Waals surface area contributed by atoms with Gasteiger partial charge in [0.25, 0.3) is 0 Å². The first-order valence-corrected chi connectivity index (χ1v) is 7.79. The Hall–Kier alpha value is -1.33. The predicted octanol–water partition coefficient (Wildman–Crippen LogP) is 3.45. The average molecular weight is 291 g/mol. The first-order chi connectivity index (χ1) is 9.63. The summed E-state index contributed by atoms with van der Waals surface area (Å²) in [5.41, 5.74) is 2.24. The molecule has 5 heteroatoms. The van der Waals surface area contributed by atoms with Gasteiger partial charge in [-0.05, 0) is 42.9 Å². The van der Waals surface area contributed by atoms with Crippen molar-refractivity contribution in [1.82, 2.24) is 15.1 Å². The summed E-state index contributed by atoms with van der Waals surface area (Å²) in [6, 6.07) is 5.50. The molecule has 0 spiro atoms. The second-order valence-corrected chi connectivity index (χ2v) is 6.34. The zero-order valence-corrected chi connectivity index (χ0v) is 12.5. The predicted molar refractivity (Wildman–Crippen MR) is 79.2 cm³/mol. The summed E-state index contributed by atoms with van der Waals surface area (Å²) in [6.07, 6.45) is 4.91. The van der Waals surface area contributed by atoms with Crippen LogP contribution in [-0.2, 0) is 7.05 Å². The third-order valence-electron chi connectivity index (χ3n) is 3.69. The summed E-state index contributed by atoms with van der Waals surface area (Å²) >= 11 is 1.81. The van der Waals surface area contributed by atoms with E-state index in [4.69, 9.17) is 0 Å². The monoisotopic (exact) mass is 291 g/mol. The van der Waals surface area contributed by atoms with Crippen LogP contribution in [0.4, 0.5) is 4.39 Å². The van der Waals surface area contributed by atoms with E-state index >= 15 is 0 Å². The Balaban J connectivity index is 1.80. The molecule has 1 aromatic carbocycles. The second-order valence-electron chi connectivity index (χ2n) is 5.21. The molecule has 0 amide bonds. The fourth-order valence-electron chi connectivity index (χ4n) is 2.60. The lowest BCUT2D eigenvalue weighted by molar-refractivity contribution is 0.447. The molecule has 1 aliphatic rings. The molecule has 1 aliphatic heterocycles. The number of halogens is 1. The third kappa shape index (κ3) is 2.74. The first kappa shape index (κ1) is 13.6. The van der Waals surface area contributed by atoms with Crippen LogP contribution in [0.2, 0.25) is 0 Å². The highest BCUT2D eigenvalue weighted by Crippen LogP contribution is 2.37. The molecule has 20 heavy (non-hydrogen) atoms. The van der Waals surface area contributed by atoms with E-state index < -0.39 is 0 Å². The molecule has 2 unspecified atom stereocenters. The zero-order chi connectivity index (χ0) is 14.1. The molecule has 2 heterocycles. The van der Waals surface area contributed by atoms with Gasteiger partial charge >= 0.3 is 0 Å². The van der Waals surface area contributed by atoms with Crippen molar-refractivity contribution >= 4 is 11.8 Å². The SMILES string of the molecule is CC(NC1CCSc2ccc(F)cc21)c1cnn(C)c1. The van der Waals surface area contributed by atoms with Crippen LogP contribution in [-0.4, -0.2) is 15.5 Å². The molecule has 3 nitrogen and oxygen atoms in total. The number of aromatic nitrogens is 2. The third-order valence-corrected chi connectivity index (χ3v) is 4.81. The van der Waals surface area contributed by atoms with Crippen molar-refractivity contribution in [2.24, 2.45) is 7.05 Å². The van der Waals surface area contributed by atoms with Gasteiger partial charge in [-0.3, -0.25) is 4.68 Å². The van der Waals surface area contributed by atoms with Crippen LogP contribution in [0.3, 0.4) is 0 Å². The molecular weight excluding hydrogens is 273 g/mol. The van der Waals surface area contributed by atoms with Crippen molar-refractivity contribution in [1.29, 1.82) is 0 Å². The summed E-state index contributed by atoms with van der Waals surface area (Å²) in [7, 11) is 1.91. The molecule has 2 atom stereocenters. The number of hydrogen-bond acceptors (Lipinski definition) is 3. The van der Waals surface area contributed by atoms with Gasteiger partial charge in [-0.1, -0.05) is 0 Å². The van der Waals surface area contributed by atoms with Crippen LogP contribution in [0.1, 0.15) is 36.6 Å². The van der Waals surface area contributed by atoms with Gasteiger partial charge in [0.15, 0.2) is 0 Å². The quantitative estimate of drug-likeness (QED) is 0.939. The first-order valence-electron chi connectivity index (χ1n) is 6.80. The summed E-state index contributed by atoms with van der Waals surface area (Å²) in [4.78, 5) is 1.19. The normalized spacial score (nSPS) is 19.6. The van der Waals surface area contributed by atoms with Crippen LogP contribution >= 0.6 is 11.8 Å². The second kappa shape index (κ2) is 5.58. The number of nitrogens with zero attached hydrogens (tertiary/aromatic N) is 2. The van der Waals surface area contributed by atoms with Gasteiger partial charge in [-0.15, -0.1) is 11.8 Å². The molecule has 0 bridgehead atoms. The lowest BCUT2D eigenvalue weighted by Crippen LogP contribution is -2.27. The summed E-state index contributed by atoms with van der Waals surface area (Å²) in [5, 5.41) is 7.80. The highest BCUT2D eigenvalue weighted by atomic mass is 32.2. The summed E-state index contributed by atoms with van der Waals surface area (Å²) in [6.45, 7) is 2.12. The molecule has 0 fully saturated rings. The molecule has 0 radical (unpaired) electrons. The Labute approximate surface area is 122 Å². The molecule has 1 aromatic heterocycles. The fourth-order valence-corrected chi connectivity index (χ4v) is 3.71. The standard InChI is InChI=1S/C15H18FN3S/c1-10(11-8-17-19(2)9-11)18-14-5-6-20-15-4-3-12(16)7-13(14)15/h3-4,7-10,14,18H,5-6H2,1-2H3. The molecular formula is C15H18FN3S. The maximum absolute atomic E-state index is 13.5. The fraction of sp³-hybridized carbons (Fsp3) is 0.400. The van der Waals surface area contributed by atoms with Crippen LogP contribution in [0.5, 0.6) is 0 Å². The Kier molecular flexibility index (Phi) is 3.81. The maximum atomic E-state index is 13.5. The molecule has 3 rings (SSSR count). The number of thioether (sulfide) groups is 1. The van der Waals surface area contributed by atoms with Crippen molar-refractivity contribution < 1.29 is 4.39 Å². The van der Waals surface area contributed by atoms with Crippen molar-refractivity contribution in [3.63, 3.8) is 0 Å². The van der Waals surface area contributed by atoms with Crippen molar-refractivity contribution in [2.45, 2.75) is 30.3 Å². The van der Waals surface area contributed by atoms with Crippen molar-refractivity contribution in [3.8, 4) is 0 Å². The number of hydrogen-bond donors (Lipinski definition) is 1. The van der Waals surface area contributed by atoms with Gasteiger partial charge in [0.05, 0.1) is 6.20 Å². The maximum Gasteiger partial charge on any atom is 0.123 e. The van der Waals surface area contributed by atoms with Crippen LogP contribution in [0, 0.1) is 5.82 Å². The van der Waals surface area contributed by atoms with E-state index in [1.807, 2.05) is 25.5 Å². The lowest BCUT2D eigenvalue weighted by Gasteiger charge is -2.28. The van der Waals surface area contributed by atoms with Gasteiger partial charge < -0.3 is 5.32 Å². The smallest absolute Gasteiger partial charge is 0.123 e. The topological polar surface area (TPSA) is 29.9 Å². The molecule has 0 saturated carbocycles. The molecule has 0 aliphatic carbocycles. The molecule has 106 valence electrons. The van der Waals surface area contributed by atoms with E-state index in [2.05, 4.69) is 17.3 Å². The van der Waals surface area contributed by atoms with Crippen molar-refractivity contribution in [3.05, 3.63) is 47.5 Å². The minimum absolute atomic E-state index is 0.160. The van der Waals surface area contributed by atoms with Crippen LogP contribution in [0.15, 0.2) is 35.5 Å². The molecule has 0 saturated heterocycles. The molecule has 1 N–H and O–H groups in total. The van der Waals surface area contributed by atoms with E-state index in [0.29, 0.717) is 0 Å². The van der Waals surface area contributed by atoms with Gasteiger partial charge in [-0.25, -0.2) is 4.39 Å². The Morgan fingerprint density at radius 2 is 2.35 bits per heavy atom. The Bertz CT molecular complexity index is 611. The van der Waals surface area contributed by atoms with E-state index in [0.717, 1.165) is 23.3 Å². The Morgan fingerprint density at radius 1 is 1.50 bits per heavy atom. The number of rotatable bonds is 3. The number of benzene rings is 1. The van der Waals surface area contributed by atoms with Crippen molar-refractivity contribution in [2.75, 3.05) is 5.75 Å². The molecule has 2 aromatic rings. The highest BCUT2D eigenvalue weighted by molar-refractivity contribution is 7.99. The minimum Gasteiger partial charge on any atom is -0.303 e. The van der Waals surface area contributed by atoms with Gasteiger partial charge in [0.1, 0.15) is 5.82 Å². The van der Waals surface area contributed by atoms with Gasteiger partial charge in [0.2, 0.25) is 0 Å². The average Bonchev–Trinajstić information content (AvgIpc) is 2.86. The summed E-state index contributed by atoms with van der Waals surface area (Å²) in [5.74, 6) is 0.905.